The normalized spacial score (nSPS) is 12.6. The van der Waals surface area contributed by atoms with Gasteiger partial charge in [0.15, 0.2) is 6.10 Å². The molecule has 0 amide bonds. The van der Waals surface area contributed by atoms with Crippen LogP contribution in [0.1, 0.15) is 258 Å². The van der Waals surface area contributed by atoms with Crippen LogP contribution in [0.2, 0.25) is 0 Å². The fourth-order valence-electron chi connectivity index (χ4n) is 7.47. The van der Waals surface area contributed by atoms with E-state index in [1.54, 1.807) is 0 Å². The van der Waals surface area contributed by atoms with Crippen molar-refractivity contribution in [2.75, 3.05) is 13.2 Å². The van der Waals surface area contributed by atoms with Gasteiger partial charge >= 0.3 is 17.9 Å². The van der Waals surface area contributed by atoms with Crippen LogP contribution in [-0.2, 0) is 28.6 Å². The third-order valence-corrected chi connectivity index (χ3v) is 11.5. The summed E-state index contributed by atoms with van der Waals surface area (Å²) in [5, 5.41) is 0. The molecular weight excluding hydrogens is 793 g/mol. The summed E-state index contributed by atoms with van der Waals surface area (Å²) < 4.78 is 16.8. The van der Waals surface area contributed by atoms with E-state index in [0.29, 0.717) is 19.3 Å². The van der Waals surface area contributed by atoms with E-state index in [4.69, 9.17) is 14.2 Å². The Morgan fingerprint density at radius 2 is 0.609 bits per heavy atom. The Morgan fingerprint density at radius 3 is 0.953 bits per heavy atom. The van der Waals surface area contributed by atoms with Crippen LogP contribution in [0, 0.1) is 0 Å². The van der Waals surface area contributed by atoms with Gasteiger partial charge in [0.25, 0.3) is 0 Å². The van der Waals surface area contributed by atoms with Crippen molar-refractivity contribution in [2.24, 2.45) is 0 Å². The molecular formula is C58H100O6. The molecule has 0 spiro atoms. The van der Waals surface area contributed by atoms with Gasteiger partial charge in [0.2, 0.25) is 0 Å². The SMILES string of the molecule is CC/C=C\C/C=C\C/C=C\CCCCCCCCCC(=O)OCC(COC(=O)CCCCCCCCCCCCCCCC)OC(=O)CCCCCCC/C=C\C/C=C\C/C=C\CC. The van der Waals surface area contributed by atoms with Crippen molar-refractivity contribution < 1.29 is 28.6 Å². The van der Waals surface area contributed by atoms with E-state index in [1.807, 2.05) is 0 Å². The van der Waals surface area contributed by atoms with Crippen molar-refractivity contribution in [3.63, 3.8) is 0 Å². The molecule has 1 unspecified atom stereocenters. The van der Waals surface area contributed by atoms with Gasteiger partial charge in [-0.3, -0.25) is 14.4 Å². The first-order valence-electron chi connectivity index (χ1n) is 26.9. The zero-order valence-electron chi connectivity index (χ0n) is 42.0. The summed E-state index contributed by atoms with van der Waals surface area (Å²) in [7, 11) is 0. The van der Waals surface area contributed by atoms with Gasteiger partial charge in [0.1, 0.15) is 13.2 Å². The van der Waals surface area contributed by atoms with Crippen LogP contribution < -0.4 is 0 Å². The van der Waals surface area contributed by atoms with Crippen molar-refractivity contribution in [3.8, 4) is 0 Å². The smallest absolute Gasteiger partial charge is 0.306 e. The number of hydrogen-bond acceptors (Lipinski definition) is 6. The van der Waals surface area contributed by atoms with E-state index < -0.39 is 6.10 Å². The summed E-state index contributed by atoms with van der Waals surface area (Å²) in [5.74, 6) is -0.905. The predicted octanol–water partition coefficient (Wildman–Crippen LogP) is 17.8. The quantitative estimate of drug-likeness (QED) is 0.0262. The van der Waals surface area contributed by atoms with Gasteiger partial charge in [-0.05, 0) is 83.5 Å². The summed E-state index contributed by atoms with van der Waals surface area (Å²) in [6, 6.07) is 0. The topological polar surface area (TPSA) is 78.9 Å². The highest BCUT2D eigenvalue weighted by molar-refractivity contribution is 5.71. The molecule has 0 fully saturated rings. The van der Waals surface area contributed by atoms with Gasteiger partial charge in [0.05, 0.1) is 0 Å². The summed E-state index contributed by atoms with van der Waals surface area (Å²) in [5.41, 5.74) is 0. The number of ether oxygens (including phenoxy) is 3. The minimum atomic E-state index is -0.787. The molecule has 0 saturated heterocycles. The fourth-order valence-corrected chi connectivity index (χ4v) is 7.47. The van der Waals surface area contributed by atoms with Gasteiger partial charge < -0.3 is 14.2 Å². The Balaban J connectivity index is 4.41. The van der Waals surface area contributed by atoms with Crippen LogP contribution in [0.25, 0.3) is 0 Å². The molecule has 0 bridgehead atoms. The van der Waals surface area contributed by atoms with Crippen molar-refractivity contribution >= 4 is 17.9 Å². The first kappa shape index (κ1) is 60.9. The highest BCUT2D eigenvalue weighted by Gasteiger charge is 2.19. The molecule has 6 heteroatoms. The van der Waals surface area contributed by atoms with Crippen LogP contribution in [-0.4, -0.2) is 37.2 Å². The van der Waals surface area contributed by atoms with Gasteiger partial charge in [-0.25, -0.2) is 0 Å². The predicted molar refractivity (Wildman–Crippen MR) is 274 cm³/mol. The number of allylic oxidation sites excluding steroid dienone is 12. The molecule has 368 valence electrons. The molecule has 0 aliphatic carbocycles. The lowest BCUT2D eigenvalue weighted by atomic mass is 10.0. The average Bonchev–Trinajstić information content (AvgIpc) is 3.29. The van der Waals surface area contributed by atoms with E-state index >= 15 is 0 Å². The van der Waals surface area contributed by atoms with Crippen LogP contribution >= 0.6 is 0 Å². The molecule has 0 rings (SSSR count). The lowest BCUT2D eigenvalue weighted by molar-refractivity contribution is -0.167. The lowest BCUT2D eigenvalue weighted by Crippen LogP contribution is -2.30. The van der Waals surface area contributed by atoms with Crippen LogP contribution in [0.4, 0.5) is 0 Å². The van der Waals surface area contributed by atoms with Gasteiger partial charge in [-0.2, -0.15) is 0 Å². The number of carbonyl (C=O) groups is 3. The Morgan fingerprint density at radius 1 is 0.328 bits per heavy atom. The highest BCUT2D eigenvalue weighted by Crippen LogP contribution is 2.15. The van der Waals surface area contributed by atoms with E-state index in [9.17, 15) is 14.4 Å². The average molecular weight is 893 g/mol. The monoisotopic (exact) mass is 893 g/mol. The Kier molecular flexibility index (Phi) is 49.9. The number of hydrogen-bond donors (Lipinski definition) is 0. The van der Waals surface area contributed by atoms with Crippen LogP contribution in [0.15, 0.2) is 72.9 Å². The second-order valence-electron chi connectivity index (χ2n) is 17.7. The Bertz CT molecular complexity index is 1210. The number of rotatable bonds is 48. The van der Waals surface area contributed by atoms with Crippen molar-refractivity contribution in [1.82, 2.24) is 0 Å². The van der Waals surface area contributed by atoms with Crippen LogP contribution in [0.5, 0.6) is 0 Å². The molecule has 0 aliphatic heterocycles. The zero-order chi connectivity index (χ0) is 46.5. The van der Waals surface area contributed by atoms with Crippen molar-refractivity contribution in [3.05, 3.63) is 72.9 Å². The van der Waals surface area contributed by atoms with E-state index in [1.165, 1.54) is 96.3 Å². The molecule has 0 aliphatic rings. The minimum Gasteiger partial charge on any atom is -0.462 e. The highest BCUT2D eigenvalue weighted by atomic mass is 16.6. The molecule has 0 aromatic carbocycles. The second-order valence-corrected chi connectivity index (χ2v) is 17.7. The maximum atomic E-state index is 12.8. The summed E-state index contributed by atoms with van der Waals surface area (Å²) >= 11 is 0. The summed E-state index contributed by atoms with van der Waals surface area (Å²) in [6.45, 7) is 6.41. The minimum absolute atomic E-state index is 0.0839. The zero-order valence-corrected chi connectivity index (χ0v) is 42.0. The summed E-state index contributed by atoms with van der Waals surface area (Å²) in [6.07, 6.45) is 66.0. The third-order valence-electron chi connectivity index (χ3n) is 11.5. The molecule has 0 radical (unpaired) electrons. The number of esters is 3. The summed E-state index contributed by atoms with van der Waals surface area (Å²) in [4.78, 5) is 38.1. The molecule has 0 N–H and O–H groups in total. The first-order valence-corrected chi connectivity index (χ1v) is 26.9. The molecule has 0 heterocycles. The van der Waals surface area contributed by atoms with Crippen LogP contribution in [0.3, 0.4) is 0 Å². The maximum absolute atomic E-state index is 12.8. The Hall–Kier alpha value is -3.15. The number of unbranched alkanes of at least 4 members (excludes halogenated alkanes) is 25. The van der Waals surface area contributed by atoms with Gasteiger partial charge in [-0.15, -0.1) is 0 Å². The molecule has 0 saturated carbocycles. The maximum Gasteiger partial charge on any atom is 0.306 e. The first-order chi connectivity index (χ1) is 31.5. The van der Waals surface area contributed by atoms with E-state index in [-0.39, 0.29) is 31.1 Å². The molecule has 0 aromatic heterocycles. The number of carbonyl (C=O) groups excluding carboxylic acids is 3. The second kappa shape index (κ2) is 52.5. The molecule has 1 atom stereocenters. The largest absolute Gasteiger partial charge is 0.462 e. The van der Waals surface area contributed by atoms with Crippen molar-refractivity contribution in [1.29, 1.82) is 0 Å². The molecule has 6 nitrogen and oxygen atoms in total. The Labute approximate surface area is 395 Å². The van der Waals surface area contributed by atoms with Gasteiger partial charge in [0, 0.05) is 19.3 Å². The van der Waals surface area contributed by atoms with E-state index in [2.05, 4.69) is 93.7 Å². The fraction of sp³-hybridized carbons (Fsp3) is 0.741. The molecule has 0 aromatic rings. The molecule has 64 heavy (non-hydrogen) atoms. The standard InChI is InChI=1S/C58H100O6/c1-4-7-10-13-16-19-22-25-28-29-31-33-36-39-42-45-48-51-57(60)63-54-55(53-62-56(59)50-47-44-41-38-35-32-27-24-21-18-15-12-9-6-3)64-58(61)52-49-46-43-40-37-34-30-26-23-20-17-14-11-8-5-2/h7-8,10-11,16-17,19-20,25-26,28,30,55H,4-6,9,12-15,18,21-24,27,29,31-54H2,1-3H3/b10-7-,11-8-,19-16-,20-17-,28-25-,30-26-. The van der Waals surface area contributed by atoms with Crippen molar-refractivity contribution in [2.45, 2.75) is 264 Å². The van der Waals surface area contributed by atoms with E-state index in [0.717, 1.165) is 122 Å². The van der Waals surface area contributed by atoms with Gasteiger partial charge in [-0.1, -0.05) is 229 Å². The lowest BCUT2D eigenvalue weighted by Gasteiger charge is -2.18. The third kappa shape index (κ3) is 49.9.